The number of carbonyl (C=O) groups is 4. The molecule has 6 rings (SSSR count). The highest BCUT2D eigenvalue weighted by Crippen LogP contribution is 2.64. The second-order valence-corrected chi connectivity index (χ2v) is 18.6. The van der Waals surface area contributed by atoms with Gasteiger partial charge in [0.25, 0.3) is 0 Å². The van der Waals surface area contributed by atoms with E-state index in [9.17, 15) is 19.2 Å². The van der Waals surface area contributed by atoms with Gasteiger partial charge in [0.1, 0.15) is 11.2 Å². The van der Waals surface area contributed by atoms with Crippen molar-refractivity contribution in [3.05, 3.63) is 0 Å². The van der Waals surface area contributed by atoms with Crippen LogP contribution in [0.25, 0.3) is 0 Å². The summed E-state index contributed by atoms with van der Waals surface area (Å²) in [6, 6.07) is 0. The maximum atomic E-state index is 12.7. The lowest BCUT2D eigenvalue weighted by Crippen LogP contribution is -2.58. The monoisotopic (exact) mass is 674 g/mol. The highest BCUT2D eigenvalue weighted by Gasteiger charge is 2.59. The molecule has 8 heteroatoms. The van der Waals surface area contributed by atoms with E-state index < -0.39 is 40.1 Å². The van der Waals surface area contributed by atoms with E-state index in [0.29, 0.717) is 24.7 Å². The number of hydrogen-bond donors (Lipinski definition) is 0. The quantitative estimate of drug-likeness (QED) is 0.150. The van der Waals surface area contributed by atoms with Gasteiger partial charge < -0.3 is 18.9 Å². The van der Waals surface area contributed by atoms with Gasteiger partial charge in [0, 0.05) is 11.3 Å². The van der Waals surface area contributed by atoms with E-state index in [-0.39, 0.29) is 24.0 Å². The maximum absolute atomic E-state index is 12.7. The van der Waals surface area contributed by atoms with Gasteiger partial charge in [-0.15, -0.1) is 0 Å². The van der Waals surface area contributed by atoms with E-state index in [0.717, 1.165) is 30.1 Å². The third-order valence-electron chi connectivity index (χ3n) is 13.5. The molecule has 0 aromatic rings. The van der Waals surface area contributed by atoms with Crippen LogP contribution in [-0.4, -0.2) is 47.8 Å². The zero-order chi connectivity index (χ0) is 35.9. The zero-order valence-electron chi connectivity index (χ0n) is 32.0. The first kappa shape index (κ1) is 38.7. The fraction of sp³-hybridized carbons (Fsp3) is 0.900. The van der Waals surface area contributed by atoms with E-state index in [2.05, 4.69) is 13.8 Å². The molecule has 0 saturated heterocycles. The highest BCUT2D eigenvalue weighted by molar-refractivity contribution is 5.82. The summed E-state index contributed by atoms with van der Waals surface area (Å²) in [5, 5.41) is 0. The fourth-order valence-corrected chi connectivity index (χ4v) is 9.76. The SMILES string of the molecule is CCC(C)(C)C(=O)OC(C)C(=O)OC(C)(C)C12CC3CC(CC(C3)C1)C2.CCC(C)(C)C(=O)OCC(=O)OC(C)(C)C1CC2CCC1C2. The minimum absolute atomic E-state index is 0.101. The second kappa shape index (κ2) is 14.2. The van der Waals surface area contributed by atoms with E-state index in [1.54, 1.807) is 6.92 Å². The van der Waals surface area contributed by atoms with Crippen LogP contribution in [0.1, 0.15) is 153 Å². The van der Waals surface area contributed by atoms with Gasteiger partial charge in [0.15, 0.2) is 12.7 Å². The molecule has 0 N–H and O–H groups in total. The Labute approximate surface area is 290 Å². The summed E-state index contributed by atoms with van der Waals surface area (Å²) >= 11 is 0. The van der Waals surface area contributed by atoms with Crippen molar-refractivity contribution in [2.24, 2.45) is 51.8 Å². The van der Waals surface area contributed by atoms with E-state index in [1.807, 2.05) is 55.4 Å². The summed E-state index contributed by atoms with van der Waals surface area (Å²) in [5.74, 6) is 2.84. The maximum Gasteiger partial charge on any atom is 0.347 e. The lowest BCUT2D eigenvalue weighted by molar-refractivity contribution is -0.208. The molecule has 6 aliphatic carbocycles. The van der Waals surface area contributed by atoms with E-state index in [1.165, 1.54) is 57.8 Å². The van der Waals surface area contributed by atoms with Gasteiger partial charge in [0.2, 0.25) is 0 Å². The van der Waals surface area contributed by atoms with Crippen LogP contribution in [0.3, 0.4) is 0 Å². The molecule has 6 fully saturated rings. The van der Waals surface area contributed by atoms with Crippen molar-refractivity contribution in [3.8, 4) is 0 Å². The van der Waals surface area contributed by atoms with Gasteiger partial charge in [-0.05, 0) is 163 Å². The second-order valence-electron chi connectivity index (χ2n) is 18.6. The van der Waals surface area contributed by atoms with E-state index in [4.69, 9.17) is 18.9 Å². The number of rotatable bonds is 12. The normalized spacial score (nSPS) is 31.4. The van der Waals surface area contributed by atoms with Gasteiger partial charge in [-0.3, -0.25) is 9.59 Å². The van der Waals surface area contributed by atoms with Crippen LogP contribution in [0.2, 0.25) is 0 Å². The smallest absolute Gasteiger partial charge is 0.347 e. The Morgan fingerprint density at radius 1 is 0.688 bits per heavy atom. The van der Waals surface area contributed by atoms with Crippen LogP contribution in [0, 0.1) is 51.8 Å². The van der Waals surface area contributed by atoms with Gasteiger partial charge in [0.05, 0.1) is 10.8 Å². The predicted molar refractivity (Wildman–Crippen MR) is 185 cm³/mol. The molecular weight excluding hydrogens is 608 g/mol. The van der Waals surface area contributed by atoms with Crippen molar-refractivity contribution in [1.82, 2.24) is 0 Å². The third kappa shape index (κ3) is 8.42. The average Bonchev–Trinajstić information content (AvgIpc) is 3.64. The number of fused-ring (bicyclic) bond motifs is 2. The lowest BCUT2D eigenvalue weighted by atomic mass is 9.46. The molecule has 0 aromatic heterocycles. The molecule has 0 heterocycles. The molecule has 8 nitrogen and oxygen atoms in total. The molecule has 0 spiro atoms. The molecule has 0 aliphatic heterocycles. The Hall–Kier alpha value is -2.12. The van der Waals surface area contributed by atoms with Crippen molar-refractivity contribution < 1.29 is 38.1 Å². The Morgan fingerprint density at radius 3 is 1.67 bits per heavy atom. The molecule has 6 bridgehead atoms. The molecule has 274 valence electrons. The Morgan fingerprint density at radius 2 is 1.21 bits per heavy atom. The Kier molecular flexibility index (Phi) is 11.5. The van der Waals surface area contributed by atoms with Gasteiger partial charge in [-0.25, -0.2) is 9.59 Å². The van der Waals surface area contributed by atoms with Crippen LogP contribution < -0.4 is 0 Å². The molecule has 0 amide bonds. The third-order valence-corrected chi connectivity index (χ3v) is 13.5. The van der Waals surface area contributed by atoms with Crippen molar-refractivity contribution in [3.63, 3.8) is 0 Å². The Bertz CT molecular complexity index is 1160. The van der Waals surface area contributed by atoms with Gasteiger partial charge >= 0.3 is 23.9 Å². The summed E-state index contributed by atoms with van der Waals surface area (Å²) in [5.41, 5.74) is -2.02. The summed E-state index contributed by atoms with van der Waals surface area (Å²) < 4.78 is 22.2. The molecular formula is C40H66O8. The topological polar surface area (TPSA) is 105 Å². The summed E-state index contributed by atoms with van der Waals surface area (Å²) in [6.45, 7) is 20.7. The van der Waals surface area contributed by atoms with Crippen molar-refractivity contribution in [1.29, 1.82) is 0 Å². The van der Waals surface area contributed by atoms with Crippen LogP contribution >= 0.6 is 0 Å². The average molecular weight is 675 g/mol. The first-order valence-electron chi connectivity index (χ1n) is 19.0. The number of hydrogen-bond acceptors (Lipinski definition) is 8. The summed E-state index contributed by atoms with van der Waals surface area (Å²) in [6.07, 6.45) is 13.1. The minimum Gasteiger partial charge on any atom is -0.457 e. The number of esters is 4. The molecule has 4 unspecified atom stereocenters. The number of carbonyl (C=O) groups excluding carboxylic acids is 4. The van der Waals surface area contributed by atoms with Crippen LogP contribution in [0.15, 0.2) is 0 Å². The molecule has 48 heavy (non-hydrogen) atoms. The minimum atomic E-state index is -0.860. The fourth-order valence-electron chi connectivity index (χ4n) is 9.76. The highest BCUT2D eigenvalue weighted by atomic mass is 16.6. The Balaban J connectivity index is 0.000000220. The van der Waals surface area contributed by atoms with Crippen LogP contribution in [0.5, 0.6) is 0 Å². The lowest BCUT2D eigenvalue weighted by Gasteiger charge is -2.61. The summed E-state index contributed by atoms with van der Waals surface area (Å²) in [7, 11) is 0. The largest absolute Gasteiger partial charge is 0.457 e. The molecule has 0 aromatic carbocycles. The van der Waals surface area contributed by atoms with Gasteiger partial charge in [-0.2, -0.15) is 0 Å². The standard InChI is InChI=1S/C22H36O4.C18H30O4/c1-7-20(3,4)19(24)25-14(2)18(23)26-21(5,6)22-11-15-8-16(12-22)10-17(9-15)13-22;1-6-17(2,3)16(20)21-11-15(19)22-18(4,5)14-10-12-7-8-13(14)9-12/h14-17H,7-13H2,1-6H3;12-14H,6-11H2,1-5H3. The zero-order valence-corrected chi connectivity index (χ0v) is 32.0. The van der Waals surface area contributed by atoms with Gasteiger partial charge in [-0.1, -0.05) is 20.3 Å². The van der Waals surface area contributed by atoms with Crippen molar-refractivity contribution in [2.75, 3.05) is 6.61 Å². The first-order valence-corrected chi connectivity index (χ1v) is 19.0. The van der Waals surface area contributed by atoms with Crippen molar-refractivity contribution in [2.45, 2.75) is 171 Å². The molecule has 6 aliphatic rings. The molecule has 4 atom stereocenters. The van der Waals surface area contributed by atoms with E-state index >= 15 is 0 Å². The van der Waals surface area contributed by atoms with Crippen LogP contribution in [-0.2, 0) is 38.1 Å². The molecule has 6 saturated carbocycles. The molecule has 0 radical (unpaired) electrons. The number of ether oxygens (including phenoxy) is 4. The van der Waals surface area contributed by atoms with Crippen LogP contribution in [0.4, 0.5) is 0 Å². The predicted octanol–water partition coefficient (Wildman–Crippen LogP) is 8.62. The van der Waals surface area contributed by atoms with Crippen molar-refractivity contribution >= 4 is 23.9 Å². The first-order chi connectivity index (χ1) is 22.1. The summed E-state index contributed by atoms with van der Waals surface area (Å²) in [4.78, 5) is 48.9.